The molecule has 0 unspecified atom stereocenters. The van der Waals surface area contributed by atoms with Crippen LogP contribution in [0.3, 0.4) is 0 Å². The lowest BCUT2D eigenvalue weighted by molar-refractivity contribution is 0.100. The number of aromatic nitrogens is 2. The molecule has 0 aliphatic carbocycles. The van der Waals surface area contributed by atoms with E-state index in [1.54, 1.807) is 19.9 Å². The van der Waals surface area contributed by atoms with Gasteiger partial charge in [-0.25, -0.2) is 8.42 Å². The Balaban J connectivity index is 2.33. The van der Waals surface area contributed by atoms with Crippen LogP contribution in [0.25, 0.3) is 10.9 Å². The maximum absolute atomic E-state index is 12.6. The van der Waals surface area contributed by atoms with E-state index >= 15 is 0 Å². The number of sulfone groups is 1. The molecule has 0 aliphatic heterocycles. The molecule has 0 saturated carbocycles. The smallest absolute Gasteiger partial charge is 0.252 e. The summed E-state index contributed by atoms with van der Waals surface area (Å²) in [6.07, 6.45) is 4.24. The standard InChI is InChI=1S/C18H16Cl2N4O3S/c1-9(2)28(26,27)12-4-13-16(24-11-3-10(19)6-22-7-11)14(18(21)25)8-23-17(13)15(20)5-12/h3-9H,1-2H3,(H2,21,25)(H,23,24). The van der Waals surface area contributed by atoms with Crippen LogP contribution < -0.4 is 11.1 Å². The first-order valence-electron chi connectivity index (χ1n) is 8.14. The van der Waals surface area contributed by atoms with Gasteiger partial charge in [0.15, 0.2) is 9.84 Å². The third-order valence-electron chi connectivity index (χ3n) is 4.09. The minimum atomic E-state index is -3.61. The predicted molar refractivity (Wildman–Crippen MR) is 110 cm³/mol. The summed E-state index contributed by atoms with van der Waals surface area (Å²) in [5.74, 6) is -0.736. The second kappa shape index (κ2) is 7.54. The van der Waals surface area contributed by atoms with Crippen molar-refractivity contribution >= 4 is 61.2 Å². The van der Waals surface area contributed by atoms with Gasteiger partial charge in [-0.3, -0.25) is 14.8 Å². The maximum atomic E-state index is 12.6. The van der Waals surface area contributed by atoms with Gasteiger partial charge in [0.25, 0.3) is 5.91 Å². The van der Waals surface area contributed by atoms with Crippen LogP contribution in [0.1, 0.15) is 24.2 Å². The van der Waals surface area contributed by atoms with Gasteiger partial charge in [-0.15, -0.1) is 0 Å². The summed E-state index contributed by atoms with van der Waals surface area (Å²) >= 11 is 12.3. The minimum absolute atomic E-state index is 0.0238. The Morgan fingerprint density at radius 1 is 1.14 bits per heavy atom. The highest BCUT2D eigenvalue weighted by atomic mass is 35.5. The number of fused-ring (bicyclic) bond motifs is 1. The zero-order chi connectivity index (χ0) is 20.6. The molecule has 0 spiro atoms. The van der Waals surface area contributed by atoms with Crippen molar-refractivity contribution in [3.8, 4) is 0 Å². The average molecular weight is 439 g/mol. The Morgan fingerprint density at radius 2 is 1.86 bits per heavy atom. The van der Waals surface area contributed by atoms with Gasteiger partial charge in [0, 0.05) is 17.8 Å². The Labute approximate surface area is 171 Å². The highest BCUT2D eigenvalue weighted by Gasteiger charge is 2.23. The Bertz CT molecular complexity index is 1200. The van der Waals surface area contributed by atoms with Crippen molar-refractivity contribution in [3.05, 3.63) is 52.4 Å². The van der Waals surface area contributed by atoms with Crippen molar-refractivity contribution in [2.24, 2.45) is 5.73 Å². The normalized spacial score (nSPS) is 11.8. The summed E-state index contributed by atoms with van der Waals surface area (Å²) in [6, 6.07) is 4.37. The number of benzene rings is 1. The molecule has 0 radical (unpaired) electrons. The molecule has 0 atom stereocenters. The van der Waals surface area contributed by atoms with Gasteiger partial charge in [-0.1, -0.05) is 23.2 Å². The number of pyridine rings is 2. The molecule has 0 aliphatic rings. The van der Waals surface area contributed by atoms with Crippen LogP contribution in [0.5, 0.6) is 0 Å². The fraction of sp³-hybridized carbons (Fsp3) is 0.167. The molecule has 1 aromatic carbocycles. The van der Waals surface area contributed by atoms with Crippen molar-refractivity contribution in [2.75, 3.05) is 5.32 Å². The third kappa shape index (κ3) is 3.76. The number of carbonyl (C=O) groups excluding carboxylic acids is 1. The number of hydrogen-bond donors (Lipinski definition) is 2. The molecule has 2 aromatic heterocycles. The third-order valence-corrected chi connectivity index (χ3v) is 6.72. The Hall–Kier alpha value is -2.42. The molecule has 146 valence electrons. The van der Waals surface area contributed by atoms with Gasteiger partial charge in [0.1, 0.15) is 0 Å². The second-order valence-corrected chi connectivity index (χ2v) is 9.67. The number of amides is 1. The maximum Gasteiger partial charge on any atom is 0.252 e. The summed E-state index contributed by atoms with van der Waals surface area (Å²) < 4.78 is 25.3. The molecule has 0 bridgehead atoms. The first-order valence-corrected chi connectivity index (χ1v) is 10.4. The quantitative estimate of drug-likeness (QED) is 0.622. The van der Waals surface area contributed by atoms with Crippen molar-refractivity contribution < 1.29 is 13.2 Å². The summed E-state index contributed by atoms with van der Waals surface area (Å²) in [5, 5.41) is 3.24. The van der Waals surface area contributed by atoms with Crippen LogP contribution in [-0.4, -0.2) is 29.5 Å². The lowest BCUT2D eigenvalue weighted by Crippen LogP contribution is -2.16. The first-order chi connectivity index (χ1) is 13.1. The molecule has 0 saturated heterocycles. The number of halogens is 2. The van der Waals surface area contributed by atoms with E-state index in [0.717, 1.165) is 0 Å². The predicted octanol–water partition coefficient (Wildman–Crippen LogP) is 3.96. The Morgan fingerprint density at radius 3 is 2.46 bits per heavy atom. The van der Waals surface area contributed by atoms with E-state index in [2.05, 4.69) is 15.3 Å². The molecule has 2 heterocycles. The highest BCUT2D eigenvalue weighted by molar-refractivity contribution is 7.92. The van der Waals surface area contributed by atoms with Gasteiger partial charge in [0.05, 0.1) is 48.8 Å². The second-order valence-electron chi connectivity index (χ2n) is 6.32. The van der Waals surface area contributed by atoms with Gasteiger partial charge in [-0.05, 0) is 32.0 Å². The zero-order valence-corrected chi connectivity index (χ0v) is 17.2. The molecule has 0 fully saturated rings. The number of rotatable bonds is 5. The van der Waals surface area contributed by atoms with Gasteiger partial charge in [-0.2, -0.15) is 0 Å². The van der Waals surface area contributed by atoms with E-state index in [-0.39, 0.29) is 21.2 Å². The van der Waals surface area contributed by atoms with Crippen LogP contribution >= 0.6 is 23.2 Å². The van der Waals surface area contributed by atoms with Gasteiger partial charge >= 0.3 is 0 Å². The van der Waals surface area contributed by atoms with E-state index in [1.165, 1.54) is 30.7 Å². The fourth-order valence-electron chi connectivity index (χ4n) is 2.62. The summed E-state index contributed by atoms with van der Waals surface area (Å²) in [5.41, 5.74) is 6.64. The van der Waals surface area contributed by atoms with Crippen LogP contribution in [0.2, 0.25) is 10.0 Å². The summed E-state index contributed by atoms with van der Waals surface area (Å²) in [6.45, 7) is 3.14. The van der Waals surface area contributed by atoms with E-state index < -0.39 is 21.0 Å². The van der Waals surface area contributed by atoms with Crippen LogP contribution in [0.4, 0.5) is 11.4 Å². The molecule has 10 heteroatoms. The van der Waals surface area contributed by atoms with E-state index in [0.29, 0.717) is 21.6 Å². The average Bonchev–Trinajstić information content (AvgIpc) is 2.61. The number of primary amides is 1. The molecule has 3 N–H and O–H groups in total. The van der Waals surface area contributed by atoms with Crippen LogP contribution in [-0.2, 0) is 9.84 Å². The number of anilines is 2. The van der Waals surface area contributed by atoms with Crippen LogP contribution in [0.15, 0.2) is 41.7 Å². The fourth-order valence-corrected chi connectivity index (χ4v) is 4.23. The number of carbonyl (C=O) groups is 1. The van der Waals surface area contributed by atoms with Crippen molar-refractivity contribution in [1.82, 2.24) is 9.97 Å². The zero-order valence-electron chi connectivity index (χ0n) is 14.9. The number of nitrogens with one attached hydrogen (secondary N) is 1. The van der Waals surface area contributed by atoms with Crippen molar-refractivity contribution in [1.29, 1.82) is 0 Å². The lowest BCUT2D eigenvalue weighted by atomic mass is 10.1. The van der Waals surface area contributed by atoms with Crippen molar-refractivity contribution in [2.45, 2.75) is 24.0 Å². The molecule has 7 nitrogen and oxygen atoms in total. The molecular weight excluding hydrogens is 423 g/mol. The van der Waals surface area contributed by atoms with Gasteiger partial charge in [0.2, 0.25) is 0 Å². The first kappa shape index (κ1) is 20.3. The summed E-state index contributed by atoms with van der Waals surface area (Å²) in [7, 11) is -3.61. The number of nitrogens with two attached hydrogens (primary N) is 1. The van der Waals surface area contributed by atoms with E-state index in [4.69, 9.17) is 28.9 Å². The highest BCUT2D eigenvalue weighted by Crippen LogP contribution is 2.35. The molecule has 1 amide bonds. The molecular formula is C18H16Cl2N4O3S. The number of nitrogens with zero attached hydrogens (tertiary/aromatic N) is 2. The molecule has 28 heavy (non-hydrogen) atoms. The SMILES string of the molecule is CC(C)S(=O)(=O)c1cc(Cl)c2ncc(C(N)=O)c(Nc3cncc(Cl)c3)c2c1. The van der Waals surface area contributed by atoms with Gasteiger partial charge < -0.3 is 11.1 Å². The largest absolute Gasteiger partial charge is 0.365 e. The summed E-state index contributed by atoms with van der Waals surface area (Å²) in [4.78, 5) is 20.1. The Kier molecular flexibility index (Phi) is 5.47. The topological polar surface area (TPSA) is 115 Å². The monoisotopic (exact) mass is 438 g/mol. The van der Waals surface area contributed by atoms with Crippen molar-refractivity contribution in [3.63, 3.8) is 0 Å². The minimum Gasteiger partial charge on any atom is -0.365 e. The number of hydrogen-bond acceptors (Lipinski definition) is 6. The lowest BCUT2D eigenvalue weighted by Gasteiger charge is -2.16. The molecule has 3 rings (SSSR count). The van der Waals surface area contributed by atoms with Crippen LogP contribution in [0, 0.1) is 0 Å². The van der Waals surface area contributed by atoms with E-state index in [9.17, 15) is 13.2 Å². The van der Waals surface area contributed by atoms with E-state index in [1.807, 2.05) is 0 Å². The molecule has 3 aromatic rings.